The molecular formula is C22H15BrClFN4O5S2. The van der Waals surface area contributed by atoms with Crippen LogP contribution in [0.15, 0.2) is 64.0 Å². The first kappa shape index (κ1) is 25.9. The number of carbonyl (C=O) groups is 2. The van der Waals surface area contributed by atoms with Gasteiger partial charge >= 0.3 is 5.97 Å². The number of amides is 1. The van der Waals surface area contributed by atoms with E-state index in [-0.39, 0.29) is 37.6 Å². The third kappa shape index (κ3) is 5.64. The second-order valence-corrected chi connectivity index (χ2v) is 11.0. The van der Waals surface area contributed by atoms with Crippen LogP contribution in [0, 0.1) is 5.82 Å². The molecule has 0 bridgehead atoms. The highest BCUT2D eigenvalue weighted by Crippen LogP contribution is 2.27. The van der Waals surface area contributed by atoms with Gasteiger partial charge in [0.15, 0.2) is 0 Å². The maximum atomic E-state index is 13.5. The summed E-state index contributed by atoms with van der Waals surface area (Å²) in [5.41, 5.74) is 0.702. The zero-order valence-electron chi connectivity index (χ0n) is 17.9. The summed E-state index contributed by atoms with van der Waals surface area (Å²) in [6.45, 7) is 0. The summed E-state index contributed by atoms with van der Waals surface area (Å²) in [7, 11) is -4.23. The van der Waals surface area contributed by atoms with Crippen LogP contribution in [-0.2, 0) is 21.2 Å². The molecule has 3 aromatic carbocycles. The van der Waals surface area contributed by atoms with Crippen LogP contribution in [0.2, 0.25) is 5.02 Å². The second-order valence-electron chi connectivity index (χ2n) is 7.50. The van der Waals surface area contributed by atoms with Gasteiger partial charge in [-0.3, -0.25) is 9.52 Å². The number of aliphatic carboxylic acids is 1. The second kappa shape index (κ2) is 10.5. The third-order valence-corrected chi connectivity index (χ3v) is 7.82. The Morgan fingerprint density at radius 1 is 1.14 bits per heavy atom. The molecular weight excluding hydrogens is 599 g/mol. The van der Waals surface area contributed by atoms with Crippen molar-refractivity contribution in [1.29, 1.82) is 0 Å². The fourth-order valence-corrected chi connectivity index (χ4v) is 5.77. The highest BCUT2D eigenvalue weighted by Gasteiger charge is 2.26. The number of carboxylic acid groups (broad SMARTS) is 1. The smallest absolute Gasteiger partial charge is 0.326 e. The van der Waals surface area contributed by atoms with Gasteiger partial charge in [-0.15, -0.1) is 0 Å². The van der Waals surface area contributed by atoms with E-state index < -0.39 is 33.8 Å². The molecule has 1 atom stereocenters. The van der Waals surface area contributed by atoms with Gasteiger partial charge in [0.25, 0.3) is 15.9 Å². The number of hydrogen-bond donors (Lipinski definition) is 3. The number of aromatic nitrogens is 2. The first-order chi connectivity index (χ1) is 17.0. The van der Waals surface area contributed by atoms with Crippen molar-refractivity contribution >= 4 is 77.9 Å². The summed E-state index contributed by atoms with van der Waals surface area (Å²) >= 11 is 9.94. The first-order valence-electron chi connectivity index (χ1n) is 10.1. The Morgan fingerprint density at radius 2 is 1.92 bits per heavy atom. The summed E-state index contributed by atoms with van der Waals surface area (Å²) < 4.78 is 50.4. The molecule has 0 aliphatic rings. The highest BCUT2D eigenvalue weighted by molar-refractivity contribution is 9.10. The molecule has 14 heteroatoms. The molecule has 4 aromatic rings. The van der Waals surface area contributed by atoms with Gasteiger partial charge in [-0.2, -0.15) is 8.75 Å². The normalized spacial score (nSPS) is 12.3. The summed E-state index contributed by atoms with van der Waals surface area (Å²) in [5, 5.41) is 12.2. The lowest BCUT2D eigenvalue weighted by Gasteiger charge is -2.17. The van der Waals surface area contributed by atoms with Crippen molar-refractivity contribution in [3.8, 4) is 0 Å². The van der Waals surface area contributed by atoms with E-state index in [0.717, 1.165) is 11.7 Å². The van der Waals surface area contributed by atoms with Crippen LogP contribution in [0.4, 0.5) is 10.1 Å². The molecule has 36 heavy (non-hydrogen) atoms. The van der Waals surface area contributed by atoms with E-state index in [9.17, 15) is 27.5 Å². The molecule has 0 spiro atoms. The van der Waals surface area contributed by atoms with Crippen LogP contribution < -0.4 is 10.0 Å². The van der Waals surface area contributed by atoms with E-state index in [4.69, 9.17) is 11.6 Å². The molecule has 1 aromatic heterocycles. The van der Waals surface area contributed by atoms with Crippen LogP contribution in [0.5, 0.6) is 0 Å². The molecule has 0 saturated carbocycles. The van der Waals surface area contributed by atoms with Gasteiger partial charge < -0.3 is 10.4 Å². The zero-order chi connectivity index (χ0) is 26.0. The Bertz CT molecular complexity index is 1600. The monoisotopic (exact) mass is 612 g/mol. The largest absolute Gasteiger partial charge is 0.480 e. The maximum absolute atomic E-state index is 13.5. The minimum absolute atomic E-state index is 0.142. The van der Waals surface area contributed by atoms with E-state index in [1.54, 1.807) is 6.07 Å². The number of carbonyl (C=O) groups excluding carboxylic acids is 1. The van der Waals surface area contributed by atoms with Crippen LogP contribution in [0.25, 0.3) is 11.0 Å². The lowest BCUT2D eigenvalue weighted by molar-refractivity contribution is -0.139. The number of benzene rings is 3. The van der Waals surface area contributed by atoms with Gasteiger partial charge in [-0.1, -0.05) is 23.7 Å². The molecule has 0 fully saturated rings. The van der Waals surface area contributed by atoms with Crippen LogP contribution in [0.1, 0.15) is 15.9 Å². The highest BCUT2D eigenvalue weighted by atomic mass is 79.9. The van der Waals surface area contributed by atoms with Crippen molar-refractivity contribution in [2.75, 3.05) is 4.72 Å². The van der Waals surface area contributed by atoms with E-state index in [2.05, 4.69) is 34.7 Å². The molecule has 186 valence electrons. The molecule has 1 amide bonds. The number of halogens is 3. The number of sulfonamides is 1. The predicted molar refractivity (Wildman–Crippen MR) is 136 cm³/mol. The fraction of sp³-hybridized carbons (Fsp3) is 0.0909. The number of carboxylic acids is 1. The first-order valence-corrected chi connectivity index (χ1v) is 13.4. The topological polar surface area (TPSA) is 138 Å². The van der Waals surface area contributed by atoms with Crippen LogP contribution >= 0.6 is 39.3 Å². The standard InChI is InChI=1S/C22H15BrClFN4O5S2/c23-14-8-11(4-7-15(14)25)9-18(22(31)32)26-21(30)13-6-5-12(24)10-17(13)29-36(33,34)19-3-1-2-16-20(19)28-35-27-16/h1-8,10,18,29H,9H2,(H,26,30)(H,31,32)/t18-/m0/s1. The van der Waals surface area contributed by atoms with Crippen molar-refractivity contribution in [3.05, 3.63) is 81.0 Å². The molecule has 0 saturated heterocycles. The summed E-state index contributed by atoms with van der Waals surface area (Å²) in [4.78, 5) is 24.7. The van der Waals surface area contributed by atoms with E-state index in [0.29, 0.717) is 11.1 Å². The average Bonchev–Trinajstić information content (AvgIpc) is 3.29. The molecule has 4 rings (SSSR count). The quantitative estimate of drug-likeness (QED) is 0.267. The van der Waals surface area contributed by atoms with Crippen LogP contribution in [0.3, 0.4) is 0 Å². The van der Waals surface area contributed by atoms with E-state index >= 15 is 0 Å². The summed E-state index contributed by atoms with van der Waals surface area (Å²) in [5.74, 6) is -2.70. The van der Waals surface area contributed by atoms with Gasteiger partial charge in [-0.05, 0) is 64.0 Å². The van der Waals surface area contributed by atoms with Crippen molar-refractivity contribution in [3.63, 3.8) is 0 Å². The minimum atomic E-state index is -4.23. The Hall–Kier alpha value is -3.13. The van der Waals surface area contributed by atoms with Crippen molar-refractivity contribution < 1.29 is 27.5 Å². The summed E-state index contributed by atoms with van der Waals surface area (Å²) in [6.07, 6.45) is -0.145. The van der Waals surface area contributed by atoms with Gasteiger partial charge in [-0.25, -0.2) is 17.6 Å². The molecule has 9 nitrogen and oxygen atoms in total. The van der Waals surface area contributed by atoms with Crippen molar-refractivity contribution in [2.24, 2.45) is 0 Å². The van der Waals surface area contributed by atoms with E-state index in [1.165, 1.54) is 48.5 Å². The van der Waals surface area contributed by atoms with Gasteiger partial charge in [0.2, 0.25) is 0 Å². The Morgan fingerprint density at radius 3 is 2.64 bits per heavy atom. The average molecular weight is 614 g/mol. The maximum Gasteiger partial charge on any atom is 0.326 e. The Kier molecular flexibility index (Phi) is 7.54. The zero-order valence-corrected chi connectivity index (χ0v) is 21.9. The van der Waals surface area contributed by atoms with Gasteiger partial charge in [0.05, 0.1) is 27.5 Å². The SMILES string of the molecule is O=C(N[C@@H](Cc1ccc(F)c(Br)c1)C(=O)O)c1ccc(Cl)cc1NS(=O)(=O)c1cccc2nsnc12. The Labute approximate surface area is 221 Å². The van der Waals surface area contributed by atoms with Crippen molar-refractivity contribution in [2.45, 2.75) is 17.4 Å². The molecule has 0 unspecified atom stereocenters. The number of nitrogens with zero attached hydrogens (tertiary/aromatic N) is 2. The number of fused-ring (bicyclic) bond motifs is 1. The number of hydrogen-bond acceptors (Lipinski definition) is 7. The third-order valence-electron chi connectivity index (χ3n) is 5.04. The van der Waals surface area contributed by atoms with E-state index in [1.807, 2.05) is 0 Å². The fourth-order valence-electron chi connectivity index (χ4n) is 3.34. The number of nitrogens with one attached hydrogen (secondary N) is 2. The predicted octanol–water partition coefficient (Wildman–Crippen LogP) is 4.47. The lowest BCUT2D eigenvalue weighted by atomic mass is 10.0. The molecule has 3 N–H and O–H groups in total. The molecule has 0 radical (unpaired) electrons. The molecule has 0 aliphatic carbocycles. The Balaban J connectivity index is 1.62. The summed E-state index contributed by atoms with van der Waals surface area (Å²) in [6, 6.07) is 10.9. The molecule has 0 aliphatic heterocycles. The van der Waals surface area contributed by atoms with Gasteiger partial charge in [0.1, 0.15) is 27.8 Å². The van der Waals surface area contributed by atoms with Crippen molar-refractivity contribution in [1.82, 2.24) is 14.1 Å². The van der Waals surface area contributed by atoms with Crippen LogP contribution in [-0.4, -0.2) is 40.2 Å². The minimum Gasteiger partial charge on any atom is -0.480 e. The molecule has 1 heterocycles. The number of anilines is 1. The number of rotatable bonds is 8. The van der Waals surface area contributed by atoms with Gasteiger partial charge in [0, 0.05) is 11.4 Å². The lowest BCUT2D eigenvalue weighted by Crippen LogP contribution is -2.42.